The summed E-state index contributed by atoms with van der Waals surface area (Å²) in [5.74, 6) is 1.11. The summed E-state index contributed by atoms with van der Waals surface area (Å²) in [4.78, 5) is 17.2. The van der Waals surface area contributed by atoms with Crippen molar-refractivity contribution in [3.63, 3.8) is 0 Å². The molecule has 1 atom stereocenters. The third-order valence-corrected chi connectivity index (χ3v) is 4.37. The number of nitrogens with two attached hydrogens (primary N) is 1. The van der Waals surface area contributed by atoms with Gasteiger partial charge in [0.25, 0.3) is 0 Å². The van der Waals surface area contributed by atoms with Gasteiger partial charge in [-0.15, -0.1) is 0 Å². The van der Waals surface area contributed by atoms with Crippen LogP contribution in [0.25, 0.3) is 17.1 Å². The zero-order valence-electron chi connectivity index (χ0n) is 15.6. The van der Waals surface area contributed by atoms with Gasteiger partial charge < -0.3 is 18.6 Å². The van der Waals surface area contributed by atoms with Gasteiger partial charge in [-0.1, -0.05) is 30.3 Å². The molecule has 0 amide bonds. The first-order valence-corrected chi connectivity index (χ1v) is 8.86. The van der Waals surface area contributed by atoms with E-state index in [0.29, 0.717) is 22.8 Å². The van der Waals surface area contributed by atoms with E-state index in [2.05, 4.69) is 9.72 Å². The van der Waals surface area contributed by atoms with Crippen LogP contribution in [-0.4, -0.2) is 31.0 Å². The van der Waals surface area contributed by atoms with Crippen molar-refractivity contribution in [3.8, 4) is 17.1 Å². The zero-order valence-corrected chi connectivity index (χ0v) is 15.6. The number of methoxy groups -OCH3 is 1. The van der Waals surface area contributed by atoms with E-state index in [1.807, 2.05) is 48.7 Å². The van der Waals surface area contributed by atoms with Crippen molar-refractivity contribution < 1.29 is 23.4 Å². The largest absolute Gasteiger partial charge is 0.481 e. The minimum atomic E-state index is -0.699. The van der Waals surface area contributed by atoms with E-state index in [9.17, 15) is 4.79 Å². The Balaban J connectivity index is 1.67. The van der Waals surface area contributed by atoms with Crippen molar-refractivity contribution >= 4 is 17.4 Å². The lowest BCUT2D eigenvalue weighted by Crippen LogP contribution is -2.36. The second-order valence-corrected chi connectivity index (χ2v) is 6.19. The summed E-state index contributed by atoms with van der Waals surface area (Å²) >= 11 is 0. The van der Waals surface area contributed by atoms with Gasteiger partial charge in [0.1, 0.15) is 11.5 Å². The fourth-order valence-corrected chi connectivity index (χ4v) is 2.92. The van der Waals surface area contributed by atoms with Gasteiger partial charge in [0.05, 0.1) is 25.1 Å². The van der Waals surface area contributed by atoms with Crippen LogP contribution < -0.4 is 15.4 Å². The summed E-state index contributed by atoms with van der Waals surface area (Å²) < 4.78 is 21.5. The average molecular weight is 393 g/mol. The van der Waals surface area contributed by atoms with E-state index >= 15 is 0 Å². The molecule has 1 aliphatic heterocycles. The van der Waals surface area contributed by atoms with Gasteiger partial charge in [0, 0.05) is 17.3 Å². The van der Waals surface area contributed by atoms with E-state index in [-0.39, 0.29) is 6.61 Å². The molecule has 2 heterocycles. The number of carbonyl (C=O) groups excluding carboxylic acids is 1. The number of hydrogen-bond donors (Lipinski definition) is 1. The number of hydrogen-bond acceptors (Lipinski definition) is 8. The van der Waals surface area contributed by atoms with E-state index < -0.39 is 12.3 Å². The highest BCUT2D eigenvalue weighted by Crippen LogP contribution is 2.36. The lowest BCUT2D eigenvalue weighted by Gasteiger charge is -2.21. The maximum atomic E-state index is 11.5. The number of anilines is 1. The van der Waals surface area contributed by atoms with E-state index in [1.54, 1.807) is 17.2 Å². The molecule has 0 saturated carbocycles. The smallest absolute Gasteiger partial charge is 0.343 e. The standard InChI is InChI=1S/C21H19N3O5/c1-26-20(25)12-27-17-9-15(7-8-16(17)18-10-23-13-28-18)24-11-19(29-21(24)22)14-5-3-2-4-6-14/h2-11,13,21H,12,22H2,1H3. The molecule has 0 spiro atoms. The summed E-state index contributed by atoms with van der Waals surface area (Å²) in [6.45, 7) is -0.241. The van der Waals surface area contributed by atoms with Crippen LogP contribution in [0.15, 0.2) is 71.7 Å². The Bertz CT molecular complexity index is 1020. The quantitative estimate of drug-likeness (QED) is 0.638. The molecule has 1 unspecified atom stereocenters. The van der Waals surface area contributed by atoms with Crippen molar-refractivity contribution in [3.05, 3.63) is 72.9 Å². The second-order valence-electron chi connectivity index (χ2n) is 6.19. The van der Waals surface area contributed by atoms with Crippen LogP contribution in [0.2, 0.25) is 0 Å². The molecule has 0 aliphatic carbocycles. The Kier molecular flexibility index (Phi) is 5.17. The Labute approximate surface area is 167 Å². The van der Waals surface area contributed by atoms with Gasteiger partial charge in [-0.25, -0.2) is 9.78 Å². The Morgan fingerprint density at radius 1 is 1.24 bits per heavy atom. The SMILES string of the molecule is COC(=O)COc1cc(N2C=C(c3ccccc3)OC2N)ccc1-c1cnco1. The van der Waals surface area contributed by atoms with Crippen LogP contribution in [0.3, 0.4) is 0 Å². The first kappa shape index (κ1) is 18.6. The molecule has 0 saturated heterocycles. The maximum Gasteiger partial charge on any atom is 0.343 e. The van der Waals surface area contributed by atoms with Gasteiger partial charge >= 0.3 is 5.97 Å². The first-order valence-electron chi connectivity index (χ1n) is 8.86. The first-order chi connectivity index (χ1) is 14.2. The lowest BCUT2D eigenvalue weighted by molar-refractivity contribution is -0.142. The van der Waals surface area contributed by atoms with Gasteiger partial charge in [-0.2, -0.15) is 0 Å². The molecule has 4 rings (SSSR count). The number of carbonyl (C=O) groups is 1. The highest BCUT2D eigenvalue weighted by molar-refractivity contribution is 5.75. The van der Waals surface area contributed by atoms with Crippen molar-refractivity contribution in [2.24, 2.45) is 5.73 Å². The maximum absolute atomic E-state index is 11.5. The molecule has 0 bridgehead atoms. The number of aromatic nitrogens is 1. The number of esters is 1. The van der Waals surface area contributed by atoms with E-state index in [4.69, 9.17) is 19.6 Å². The minimum absolute atomic E-state index is 0.241. The highest BCUT2D eigenvalue weighted by atomic mass is 16.6. The van der Waals surface area contributed by atoms with Crippen LogP contribution in [-0.2, 0) is 14.3 Å². The summed E-state index contributed by atoms with van der Waals surface area (Å²) in [7, 11) is 1.30. The lowest BCUT2D eigenvalue weighted by atomic mass is 10.1. The number of rotatable bonds is 6. The normalized spacial score (nSPS) is 15.6. The molecule has 8 nitrogen and oxygen atoms in total. The third-order valence-electron chi connectivity index (χ3n) is 4.37. The van der Waals surface area contributed by atoms with Crippen molar-refractivity contribution in [2.45, 2.75) is 6.35 Å². The summed E-state index contributed by atoms with van der Waals surface area (Å²) in [6.07, 6.45) is 4.02. The molecule has 29 heavy (non-hydrogen) atoms. The molecule has 148 valence electrons. The molecule has 8 heteroatoms. The summed E-state index contributed by atoms with van der Waals surface area (Å²) in [5, 5.41) is 0. The van der Waals surface area contributed by atoms with E-state index in [0.717, 1.165) is 11.3 Å². The molecule has 1 aromatic heterocycles. The van der Waals surface area contributed by atoms with Gasteiger partial charge in [0.15, 0.2) is 18.8 Å². The van der Waals surface area contributed by atoms with Crippen LogP contribution in [0.5, 0.6) is 5.75 Å². The van der Waals surface area contributed by atoms with Crippen molar-refractivity contribution in [2.75, 3.05) is 18.6 Å². The van der Waals surface area contributed by atoms with Gasteiger partial charge in [-0.3, -0.25) is 10.6 Å². The Morgan fingerprint density at radius 2 is 2.07 bits per heavy atom. The number of ether oxygens (including phenoxy) is 3. The number of nitrogens with zero attached hydrogens (tertiary/aromatic N) is 2. The van der Waals surface area contributed by atoms with Gasteiger partial charge in [-0.05, 0) is 12.1 Å². The highest BCUT2D eigenvalue weighted by Gasteiger charge is 2.26. The van der Waals surface area contributed by atoms with Crippen LogP contribution in [0.1, 0.15) is 5.56 Å². The van der Waals surface area contributed by atoms with Crippen molar-refractivity contribution in [1.29, 1.82) is 0 Å². The third kappa shape index (κ3) is 3.92. The Hall–Kier alpha value is -3.78. The van der Waals surface area contributed by atoms with Gasteiger partial charge in [0.2, 0.25) is 6.35 Å². The zero-order chi connectivity index (χ0) is 20.2. The molecule has 3 aromatic rings. The molecule has 2 N–H and O–H groups in total. The molecule has 0 fully saturated rings. The molecular formula is C21H19N3O5. The minimum Gasteiger partial charge on any atom is -0.481 e. The summed E-state index contributed by atoms with van der Waals surface area (Å²) in [5.41, 5.74) is 8.47. The molecular weight excluding hydrogens is 374 g/mol. The second kappa shape index (κ2) is 8.07. The van der Waals surface area contributed by atoms with Crippen LogP contribution in [0, 0.1) is 0 Å². The monoisotopic (exact) mass is 393 g/mol. The van der Waals surface area contributed by atoms with E-state index in [1.165, 1.54) is 13.5 Å². The number of benzene rings is 2. The average Bonchev–Trinajstić information content (AvgIpc) is 3.42. The van der Waals surface area contributed by atoms with Crippen LogP contribution >= 0.6 is 0 Å². The van der Waals surface area contributed by atoms with Crippen molar-refractivity contribution in [1.82, 2.24) is 4.98 Å². The predicted molar refractivity (Wildman–Crippen MR) is 105 cm³/mol. The molecule has 2 aromatic carbocycles. The topological polar surface area (TPSA) is 100 Å². The number of oxazole rings is 1. The molecule has 0 radical (unpaired) electrons. The Morgan fingerprint density at radius 3 is 2.79 bits per heavy atom. The summed E-state index contributed by atoms with van der Waals surface area (Å²) in [6, 6.07) is 15.1. The fourth-order valence-electron chi connectivity index (χ4n) is 2.92. The molecule has 1 aliphatic rings. The predicted octanol–water partition coefficient (Wildman–Crippen LogP) is 2.97. The fraction of sp³-hybridized carbons (Fsp3) is 0.143. The van der Waals surface area contributed by atoms with Crippen LogP contribution in [0.4, 0.5) is 5.69 Å².